The number of esters is 1. The second kappa shape index (κ2) is 10.9. The quantitative estimate of drug-likeness (QED) is 0.193. The van der Waals surface area contributed by atoms with Gasteiger partial charge < -0.3 is 15.4 Å². The summed E-state index contributed by atoms with van der Waals surface area (Å²) < 4.78 is 33.1. The molecule has 0 unspecified atom stereocenters. The highest BCUT2D eigenvalue weighted by Gasteiger charge is 2.19. The normalized spacial score (nSPS) is 10.9. The molecule has 7 nitrogen and oxygen atoms in total. The molecule has 0 aliphatic rings. The highest BCUT2D eigenvalue weighted by molar-refractivity contribution is 7.92. The second-order valence-electron chi connectivity index (χ2n) is 7.73. The van der Waals surface area contributed by atoms with Crippen molar-refractivity contribution in [2.24, 2.45) is 0 Å². The van der Waals surface area contributed by atoms with Gasteiger partial charge in [0.05, 0.1) is 23.3 Å². The van der Waals surface area contributed by atoms with Crippen LogP contribution in [0.1, 0.15) is 15.9 Å². The Labute approximate surface area is 219 Å². The number of carbonyl (C=O) groups excluding carboxylic acids is 1. The van der Waals surface area contributed by atoms with Gasteiger partial charge in [0.25, 0.3) is 10.0 Å². The van der Waals surface area contributed by atoms with Crippen LogP contribution in [0, 0.1) is 6.92 Å². The van der Waals surface area contributed by atoms with Gasteiger partial charge in [0.15, 0.2) is 5.11 Å². The van der Waals surface area contributed by atoms with Crippen LogP contribution in [-0.2, 0) is 14.8 Å². The summed E-state index contributed by atoms with van der Waals surface area (Å²) in [5, 5.41) is 6.86. The van der Waals surface area contributed by atoms with E-state index in [4.69, 9.17) is 17.0 Å². The third kappa shape index (κ3) is 5.91. The fraction of sp³-hybridized carbons (Fsp3) is 0.0769. The first-order chi connectivity index (χ1) is 17.3. The van der Waals surface area contributed by atoms with Crippen LogP contribution in [0.3, 0.4) is 0 Å². The molecule has 0 spiro atoms. The number of aryl methyl sites for hydroxylation is 1. The van der Waals surface area contributed by atoms with Crippen LogP contribution in [0.2, 0.25) is 0 Å². The van der Waals surface area contributed by atoms with Gasteiger partial charge in [-0.1, -0.05) is 48.5 Å². The average Bonchev–Trinajstić information content (AvgIpc) is 3.29. The molecule has 0 bridgehead atoms. The number of ether oxygens (including phenoxy) is 1. The number of hydrogen-bond acceptors (Lipinski definition) is 6. The average molecular weight is 538 g/mol. The molecule has 0 aliphatic heterocycles. The lowest BCUT2D eigenvalue weighted by molar-refractivity contribution is 0.0602. The number of thiocarbonyl (C=S) groups is 1. The first-order valence-corrected chi connectivity index (χ1v) is 13.5. The van der Waals surface area contributed by atoms with Gasteiger partial charge in [-0.15, -0.1) is 11.3 Å². The smallest absolute Gasteiger partial charge is 0.340 e. The molecule has 0 saturated heterocycles. The van der Waals surface area contributed by atoms with Crippen LogP contribution in [0.5, 0.6) is 0 Å². The van der Waals surface area contributed by atoms with Gasteiger partial charge in [0.1, 0.15) is 5.00 Å². The van der Waals surface area contributed by atoms with E-state index in [0.717, 1.165) is 16.0 Å². The van der Waals surface area contributed by atoms with E-state index in [9.17, 15) is 13.2 Å². The zero-order chi connectivity index (χ0) is 25.7. The highest BCUT2D eigenvalue weighted by Crippen LogP contribution is 2.36. The summed E-state index contributed by atoms with van der Waals surface area (Å²) in [6.45, 7) is 1.83. The molecule has 0 radical (unpaired) electrons. The molecule has 36 heavy (non-hydrogen) atoms. The lowest BCUT2D eigenvalue weighted by Crippen LogP contribution is -2.20. The Morgan fingerprint density at radius 3 is 2.25 bits per heavy atom. The number of nitrogens with one attached hydrogen (secondary N) is 3. The van der Waals surface area contributed by atoms with Crippen molar-refractivity contribution < 1.29 is 17.9 Å². The number of benzene rings is 3. The number of para-hydroxylation sites is 1. The molecule has 3 aromatic carbocycles. The Balaban J connectivity index is 1.47. The fourth-order valence-electron chi connectivity index (χ4n) is 3.36. The van der Waals surface area contributed by atoms with Crippen molar-refractivity contribution in [3.05, 3.63) is 96.1 Å². The molecular weight excluding hydrogens is 515 g/mol. The van der Waals surface area contributed by atoms with Gasteiger partial charge in [-0.05, 0) is 66.7 Å². The van der Waals surface area contributed by atoms with E-state index in [0.29, 0.717) is 21.9 Å². The van der Waals surface area contributed by atoms with Gasteiger partial charge in [0, 0.05) is 10.6 Å². The van der Waals surface area contributed by atoms with Crippen LogP contribution in [0.25, 0.3) is 10.4 Å². The molecule has 3 N–H and O–H groups in total. The summed E-state index contributed by atoms with van der Waals surface area (Å²) in [4.78, 5) is 13.3. The summed E-state index contributed by atoms with van der Waals surface area (Å²) in [6, 6.07) is 24.8. The zero-order valence-corrected chi connectivity index (χ0v) is 21.9. The zero-order valence-electron chi connectivity index (χ0n) is 19.4. The Kier molecular flexibility index (Phi) is 7.68. The van der Waals surface area contributed by atoms with Crippen molar-refractivity contribution in [2.45, 2.75) is 11.8 Å². The van der Waals surface area contributed by atoms with Crippen molar-refractivity contribution >= 4 is 61.0 Å². The lowest BCUT2D eigenvalue weighted by atomic mass is 10.1. The lowest BCUT2D eigenvalue weighted by Gasteiger charge is -2.12. The number of methoxy groups -OCH3 is 1. The first kappa shape index (κ1) is 25.4. The standard InChI is InChI=1S/C26H23N3O4S3/c1-17-8-6-7-11-22(17)29-36(31,32)20-14-12-19(13-15-20)27-26(34)28-24-21(25(30)33-2)16-23(35-24)18-9-4-3-5-10-18/h3-16,29H,1-2H3,(H2,27,28,34). The Bertz CT molecular complexity index is 1500. The van der Waals surface area contributed by atoms with Crippen LogP contribution in [0.15, 0.2) is 89.8 Å². The Morgan fingerprint density at radius 1 is 0.917 bits per heavy atom. The summed E-state index contributed by atoms with van der Waals surface area (Å²) in [5.41, 5.74) is 3.27. The van der Waals surface area contributed by atoms with Crippen molar-refractivity contribution in [3.63, 3.8) is 0 Å². The van der Waals surface area contributed by atoms with Crippen molar-refractivity contribution in [2.75, 3.05) is 22.5 Å². The Hall–Kier alpha value is -3.73. The van der Waals surface area contributed by atoms with Gasteiger partial charge in [-0.3, -0.25) is 4.72 Å². The maximum absolute atomic E-state index is 12.8. The summed E-state index contributed by atoms with van der Waals surface area (Å²) in [5.74, 6) is -0.477. The Morgan fingerprint density at radius 2 is 1.58 bits per heavy atom. The highest BCUT2D eigenvalue weighted by atomic mass is 32.2. The topological polar surface area (TPSA) is 96.5 Å². The summed E-state index contributed by atoms with van der Waals surface area (Å²) in [7, 11) is -2.42. The van der Waals surface area contributed by atoms with Gasteiger partial charge in [-0.2, -0.15) is 0 Å². The van der Waals surface area contributed by atoms with Crippen LogP contribution in [0.4, 0.5) is 16.4 Å². The molecule has 4 aromatic rings. The third-order valence-corrected chi connectivity index (χ3v) is 7.92. The van der Waals surface area contributed by atoms with E-state index in [1.807, 2.05) is 49.4 Å². The molecule has 1 aromatic heterocycles. The predicted molar refractivity (Wildman–Crippen MR) is 149 cm³/mol. The maximum atomic E-state index is 12.8. The molecule has 184 valence electrons. The predicted octanol–water partition coefficient (Wildman–Crippen LogP) is 6.12. The summed E-state index contributed by atoms with van der Waals surface area (Å²) in [6.07, 6.45) is 0. The minimum absolute atomic E-state index is 0.119. The summed E-state index contributed by atoms with van der Waals surface area (Å²) >= 11 is 6.81. The van der Waals surface area contributed by atoms with Crippen molar-refractivity contribution in [1.29, 1.82) is 0 Å². The minimum Gasteiger partial charge on any atom is -0.465 e. The molecule has 0 fully saturated rings. The van der Waals surface area contributed by atoms with Gasteiger partial charge in [-0.25, -0.2) is 13.2 Å². The van der Waals surface area contributed by atoms with E-state index in [2.05, 4.69) is 15.4 Å². The number of hydrogen-bond donors (Lipinski definition) is 3. The molecule has 0 amide bonds. The number of sulfonamides is 1. The molecule has 0 aliphatic carbocycles. The molecular formula is C26H23N3O4S3. The third-order valence-electron chi connectivity index (χ3n) is 5.23. The molecule has 0 atom stereocenters. The maximum Gasteiger partial charge on any atom is 0.340 e. The number of anilines is 3. The van der Waals surface area contributed by atoms with E-state index < -0.39 is 16.0 Å². The number of carbonyl (C=O) groups is 1. The van der Waals surface area contributed by atoms with Crippen LogP contribution >= 0.6 is 23.6 Å². The minimum atomic E-state index is -3.75. The van der Waals surface area contributed by atoms with Crippen molar-refractivity contribution in [3.8, 4) is 10.4 Å². The van der Waals surface area contributed by atoms with Crippen molar-refractivity contribution in [1.82, 2.24) is 0 Å². The van der Waals surface area contributed by atoms with E-state index >= 15 is 0 Å². The number of rotatable bonds is 7. The van der Waals surface area contributed by atoms with Crippen LogP contribution in [-0.4, -0.2) is 26.6 Å². The van der Waals surface area contributed by atoms with Gasteiger partial charge in [0.2, 0.25) is 0 Å². The van der Waals surface area contributed by atoms with E-state index in [1.165, 1.54) is 30.6 Å². The SMILES string of the molecule is COC(=O)c1cc(-c2ccccc2)sc1NC(=S)Nc1ccc(S(=O)(=O)Nc2ccccc2C)cc1. The molecule has 0 saturated carbocycles. The molecule has 4 rings (SSSR count). The number of thiophene rings is 1. The van der Waals surface area contributed by atoms with E-state index in [-0.39, 0.29) is 10.0 Å². The monoisotopic (exact) mass is 537 g/mol. The largest absolute Gasteiger partial charge is 0.465 e. The first-order valence-electron chi connectivity index (χ1n) is 10.8. The van der Waals surface area contributed by atoms with Crippen LogP contribution < -0.4 is 15.4 Å². The fourth-order valence-corrected chi connectivity index (χ4v) is 5.84. The second-order valence-corrected chi connectivity index (χ2v) is 10.9. The molecule has 10 heteroatoms. The van der Waals surface area contributed by atoms with Gasteiger partial charge >= 0.3 is 5.97 Å². The van der Waals surface area contributed by atoms with E-state index in [1.54, 1.807) is 30.3 Å². The molecule has 1 heterocycles.